The molecule has 0 spiro atoms. The number of hydrogen-bond acceptors (Lipinski definition) is 3. The highest BCUT2D eigenvalue weighted by Gasteiger charge is 2.22. The molecule has 1 aliphatic carbocycles. The molecule has 1 saturated carbocycles. The average molecular weight is 181 g/mol. The minimum atomic E-state index is -1.02. The van der Waals surface area contributed by atoms with Crippen LogP contribution in [0, 0.1) is 0 Å². The third-order valence-corrected chi connectivity index (χ3v) is 2.51. The zero-order valence-electron chi connectivity index (χ0n) is 7.19. The highest BCUT2D eigenvalue weighted by atomic mass is 16.5. The number of rotatable bonds is 2. The van der Waals surface area contributed by atoms with Gasteiger partial charge in [-0.25, -0.2) is 4.79 Å². The molecule has 1 heterocycles. The summed E-state index contributed by atoms with van der Waals surface area (Å²) in [4.78, 5) is 10.5. The van der Waals surface area contributed by atoms with E-state index < -0.39 is 5.97 Å². The Morgan fingerprint density at radius 3 is 2.77 bits per heavy atom. The fourth-order valence-corrected chi connectivity index (χ4v) is 1.79. The number of carboxylic acid groups (broad SMARTS) is 1. The Hall–Kier alpha value is -1.32. The lowest BCUT2D eigenvalue weighted by Gasteiger charge is -2.00. The van der Waals surface area contributed by atoms with E-state index in [0.29, 0.717) is 5.92 Å². The molecule has 1 N–H and O–H groups in total. The third-order valence-electron chi connectivity index (χ3n) is 2.51. The summed E-state index contributed by atoms with van der Waals surface area (Å²) in [6, 6.07) is 1.54. The van der Waals surface area contributed by atoms with Crippen molar-refractivity contribution in [2.45, 2.75) is 31.6 Å². The predicted molar refractivity (Wildman–Crippen MR) is 44.7 cm³/mol. The van der Waals surface area contributed by atoms with Gasteiger partial charge in [0.2, 0.25) is 0 Å². The Labute approximate surface area is 75.5 Å². The van der Waals surface area contributed by atoms with Crippen LogP contribution in [-0.4, -0.2) is 16.2 Å². The summed E-state index contributed by atoms with van der Waals surface area (Å²) < 4.78 is 4.98. The number of aromatic carboxylic acids is 1. The highest BCUT2D eigenvalue weighted by molar-refractivity contribution is 5.85. The van der Waals surface area contributed by atoms with Crippen molar-refractivity contribution in [1.82, 2.24) is 5.16 Å². The molecule has 0 amide bonds. The van der Waals surface area contributed by atoms with Crippen LogP contribution in [0.2, 0.25) is 0 Å². The Morgan fingerprint density at radius 2 is 2.23 bits per heavy atom. The molecular formula is C9H11NO3. The van der Waals surface area contributed by atoms with Gasteiger partial charge in [0.1, 0.15) is 5.76 Å². The van der Waals surface area contributed by atoms with Crippen molar-refractivity contribution in [2.24, 2.45) is 0 Å². The van der Waals surface area contributed by atoms with E-state index in [-0.39, 0.29) is 5.69 Å². The number of hydrogen-bond donors (Lipinski definition) is 1. The van der Waals surface area contributed by atoms with Crippen LogP contribution in [0.25, 0.3) is 0 Å². The SMILES string of the molecule is O=C(O)c1cc(C2CCCC2)on1. The molecule has 70 valence electrons. The van der Waals surface area contributed by atoms with E-state index >= 15 is 0 Å². The van der Waals surface area contributed by atoms with E-state index in [1.807, 2.05) is 0 Å². The minimum absolute atomic E-state index is 0.0156. The molecule has 0 atom stereocenters. The van der Waals surface area contributed by atoms with Crippen molar-refractivity contribution in [1.29, 1.82) is 0 Å². The second kappa shape index (κ2) is 3.20. The first-order valence-corrected chi connectivity index (χ1v) is 4.47. The number of carboxylic acids is 1. The van der Waals surface area contributed by atoms with Crippen LogP contribution in [0.1, 0.15) is 47.8 Å². The van der Waals surface area contributed by atoms with Crippen LogP contribution in [0.5, 0.6) is 0 Å². The summed E-state index contributed by atoms with van der Waals surface area (Å²) in [5, 5.41) is 12.1. The fraction of sp³-hybridized carbons (Fsp3) is 0.556. The average Bonchev–Trinajstić information content (AvgIpc) is 2.75. The first kappa shape index (κ1) is 8.29. The van der Waals surface area contributed by atoms with Gasteiger partial charge in [-0.05, 0) is 12.8 Å². The molecule has 0 unspecified atom stereocenters. The molecule has 0 saturated heterocycles. The molecule has 13 heavy (non-hydrogen) atoms. The number of carbonyl (C=O) groups is 1. The maximum absolute atomic E-state index is 10.5. The van der Waals surface area contributed by atoms with E-state index in [1.54, 1.807) is 0 Å². The standard InChI is InChI=1S/C9H11NO3/c11-9(12)7-5-8(13-10-7)6-3-1-2-4-6/h5-6H,1-4H2,(H,11,12). The van der Waals surface area contributed by atoms with Crippen LogP contribution in [0.15, 0.2) is 10.6 Å². The van der Waals surface area contributed by atoms with Gasteiger partial charge >= 0.3 is 5.97 Å². The molecule has 4 heteroatoms. The van der Waals surface area contributed by atoms with Crippen LogP contribution < -0.4 is 0 Å². The summed E-state index contributed by atoms with van der Waals surface area (Å²) in [6.07, 6.45) is 4.59. The molecule has 1 aromatic rings. The zero-order valence-corrected chi connectivity index (χ0v) is 7.19. The molecule has 1 fully saturated rings. The van der Waals surface area contributed by atoms with Crippen molar-refractivity contribution < 1.29 is 14.4 Å². The molecule has 0 aromatic carbocycles. The van der Waals surface area contributed by atoms with Crippen LogP contribution in [0.4, 0.5) is 0 Å². The monoisotopic (exact) mass is 181 g/mol. The van der Waals surface area contributed by atoms with Crippen LogP contribution >= 0.6 is 0 Å². The topological polar surface area (TPSA) is 63.3 Å². The van der Waals surface area contributed by atoms with Gasteiger partial charge in [-0.15, -0.1) is 0 Å². The van der Waals surface area contributed by atoms with Gasteiger partial charge in [0.05, 0.1) is 0 Å². The summed E-state index contributed by atoms with van der Waals surface area (Å²) in [6.45, 7) is 0. The maximum Gasteiger partial charge on any atom is 0.358 e. The van der Waals surface area contributed by atoms with Crippen molar-refractivity contribution >= 4 is 5.97 Å². The molecule has 0 radical (unpaired) electrons. The van der Waals surface area contributed by atoms with Crippen molar-refractivity contribution in [3.05, 3.63) is 17.5 Å². The quantitative estimate of drug-likeness (QED) is 0.758. The number of aromatic nitrogens is 1. The minimum Gasteiger partial charge on any atom is -0.476 e. The summed E-state index contributed by atoms with van der Waals surface area (Å²) >= 11 is 0. The van der Waals surface area contributed by atoms with Gasteiger partial charge in [-0.1, -0.05) is 18.0 Å². The Kier molecular flexibility index (Phi) is 2.04. The second-order valence-electron chi connectivity index (χ2n) is 3.40. The van der Waals surface area contributed by atoms with Gasteiger partial charge in [0, 0.05) is 12.0 Å². The van der Waals surface area contributed by atoms with Gasteiger partial charge in [0.25, 0.3) is 0 Å². The Balaban J connectivity index is 2.16. The molecule has 1 aliphatic rings. The molecular weight excluding hydrogens is 170 g/mol. The van der Waals surface area contributed by atoms with E-state index in [1.165, 1.54) is 18.9 Å². The summed E-state index contributed by atoms with van der Waals surface area (Å²) in [7, 11) is 0. The molecule has 0 aliphatic heterocycles. The van der Waals surface area contributed by atoms with Crippen molar-refractivity contribution in [2.75, 3.05) is 0 Å². The zero-order chi connectivity index (χ0) is 9.26. The van der Waals surface area contributed by atoms with E-state index in [9.17, 15) is 4.79 Å². The maximum atomic E-state index is 10.5. The summed E-state index contributed by atoms with van der Waals surface area (Å²) in [5.74, 6) is 0.100. The lowest BCUT2D eigenvalue weighted by Crippen LogP contribution is -1.95. The first-order valence-electron chi connectivity index (χ1n) is 4.47. The van der Waals surface area contributed by atoms with E-state index in [4.69, 9.17) is 9.63 Å². The first-order chi connectivity index (χ1) is 6.27. The molecule has 4 nitrogen and oxygen atoms in total. The normalized spacial score (nSPS) is 17.8. The fourth-order valence-electron chi connectivity index (χ4n) is 1.79. The van der Waals surface area contributed by atoms with E-state index in [2.05, 4.69) is 5.16 Å². The smallest absolute Gasteiger partial charge is 0.358 e. The van der Waals surface area contributed by atoms with Crippen LogP contribution in [-0.2, 0) is 0 Å². The van der Waals surface area contributed by atoms with Crippen LogP contribution in [0.3, 0.4) is 0 Å². The second-order valence-corrected chi connectivity index (χ2v) is 3.40. The van der Waals surface area contributed by atoms with E-state index in [0.717, 1.165) is 18.6 Å². The lowest BCUT2D eigenvalue weighted by atomic mass is 10.1. The summed E-state index contributed by atoms with van der Waals surface area (Å²) in [5.41, 5.74) is 0.0156. The van der Waals surface area contributed by atoms with Crippen molar-refractivity contribution in [3.63, 3.8) is 0 Å². The lowest BCUT2D eigenvalue weighted by molar-refractivity contribution is 0.0685. The molecule has 1 aromatic heterocycles. The van der Waals surface area contributed by atoms with Gasteiger partial charge < -0.3 is 9.63 Å². The van der Waals surface area contributed by atoms with Crippen molar-refractivity contribution in [3.8, 4) is 0 Å². The highest BCUT2D eigenvalue weighted by Crippen LogP contribution is 2.34. The third kappa shape index (κ3) is 1.56. The van der Waals surface area contributed by atoms with Gasteiger partial charge in [-0.2, -0.15) is 0 Å². The molecule has 2 rings (SSSR count). The largest absolute Gasteiger partial charge is 0.476 e. The number of nitrogens with zero attached hydrogens (tertiary/aromatic N) is 1. The van der Waals surface area contributed by atoms with Gasteiger partial charge in [0.15, 0.2) is 5.69 Å². The van der Waals surface area contributed by atoms with Gasteiger partial charge in [-0.3, -0.25) is 0 Å². The predicted octanol–water partition coefficient (Wildman–Crippen LogP) is 2.03. The Morgan fingerprint density at radius 1 is 1.54 bits per heavy atom. The molecule has 0 bridgehead atoms. The Bertz CT molecular complexity index is 312.